The van der Waals surface area contributed by atoms with Crippen LogP contribution in [0.25, 0.3) is 11.0 Å². The van der Waals surface area contributed by atoms with Crippen LogP contribution in [0.1, 0.15) is 17.2 Å². The number of aromatic nitrogens is 2. The Morgan fingerprint density at radius 1 is 1.00 bits per heavy atom. The maximum absolute atomic E-state index is 6.28. The molecule has 0 aliphatic carbocycles. The second kappa shape index (κ2) is 5.95. The van der Waals surface area contributed by atoms with Gasteiger partial charge in [-0.25, -0.2) is 5.43 Å². The molecule has 0 saturated carbocycles. The highest BCUT2D eigenvalue weighted by molar-refractivity contribution is 6.42. The standard InChI is InChI=1S/C15H12Cl2N4/c16-11-3-1-2-10(14(11)17)15(21-18)9-4-5-12-13(8-9)20-7-6-19-12/h1-8,15,21H,18H2. The average molecular weight is 319 g/mol. The Morgan fingerprint density at radius 2 is 1.76 bits per heavy atom. The Balaban J connectivity index is 2.11. The molecule has 0 spiro atoms. The van der Waals surface area contributed by atoms with Crippen molar-refractivity contribution in [2.24, 2.45) is 5.84 Å². The predicted molar refractivity (Wildman–Crippen MR) is 85.2 cm³/mol. The normalized spacial score (nSPS) is 12.5. The van der Waals surface area contributed by atoms with E-state index in [0.717, 1.165) is 22.2 Å². The van der Waals surface area contributed by atoms with Crippen molar-refractivity contribution < 1.29 is 0 Å². The van der Waals surface area contributed by atoms with E-state index in [1.165, 1.54) is 0 Å². The number of benzene rings is 2. The summed E-state index contributed by atoms with van der Waals surface area (Å²) in [5, 5.41) is 0.983. The Kier molecular flexibility index (Phi) is 4.03. The molecule has 1 atom stereocenters. The Hall–Kier alpha value is -1.72. The first-order valence-electron chi connectivity index (χ1n) is 6.31. The topological polar surface area (TPSA) is 63.8 Å². The molecule has 0 amide bonds. The first-order valence-corrected chi connectivity index (χ1v) is 7.07. The molecule has 0 aliphatic heterocycles. The molecule has 1 heterocycles. The number of fused-ring (bicyclic) bond motifs is 1. The molecule has 0 radical (unpaired) electrons. The molecule has 106 valence electrons. The number of rotatable bonds is 3. The van der Waals surface area contributed by atoms with Crippen LogP contribution in [0.15, 0.2) is 48.8 Å². The van der Waals surface area contributed by atoms with Gasteiger partial charge in [0.15, 0.2) is 0 Å². The highest BCUT2D eigenvalue weighted by Crippen LogP contribution is 2.33. The molecule has 0 bridgehead atoms. The molecule has 1 unspecified atom stereocenters. The first kappa shape index (κ1) is 14.2. The van der Waals surface area contributed by atoms with Gasteiger partial charge >= 0.3 is 0 Å². The van der Waals surface area contributed by atoms with E-state index in [9.17, 15) is 0 Å². The molecule has 0 saturated heterocycles. The molecule has 4 nitrogen and oxygen atoms in total. The van der Waals surface area contributed by atoms with Crippen LogP contribution in [-0.2, 0) is 0 Å². The van der Waals surface area contributed by atoms with Crippen LogP contribution in [0.3, 0.4) is 0 Å². The van der Waals surface area contributed by atoms with Gasteiger partial charge < -0.3 is 0 Å². The molecular weight excluding hydrogens is 307 g/mol. The molecule has 2 aromatic carbocycles. The Morgan fingerprint density at radius 3 is 2.52 bits per heavy atom. The number of nitrogens with two attached hydrogens (primary N) is 1. The van der Waals surface area contributed by atoms with E-state index in [-0.39, 0.29) is 6.04 Å². The minimum Gasteiger partial charge on any atom is -0.271 e. The van der Waals surface area contributed by atoms with E-state index >= 15 is 0 Å². The zero-order valence-electron chi connectivity index (χ0n) is 10.9. The van der Waals surface area contributed by atoms with Crippen molar-refractivity contribution in [2.45, 2.75) is 6.04 Å². The van der Waals surface area contributed by atoms with Gasteiger partial charge in [0.1, 0.15) is 0 Å². The highest BCUT2D eigenvalue weighted by atomic mass is 35.5. The molecule has 3 rings (SSSR count). The third-order valence-electron chi connectivity index (χ3n) is 3.29. The quantitative estimate of drug-likeness (QED) is 0.573. The SMILES string of the molecule is NNC(c1ccc2nccnc2c1)c1cccc(Cl)c1Cl. The molecule has 21 heavy (non-hydrogen) atoms. The van der Waals surface area contributed by atoms with Gasteiger partial charge in [-0.2, -0.15) is 0 Å². The summed E-state index contributed by atoms with van der Waals surface area (Å²) in [5.41, 5.74) is 6.16. The summed E-state index contributed by atoms with van der Waals surface area (Å²) in [5.74, 6) is 5.71. The van der Waals surface area contributed by atoms with Gasteiger partial charge in [-0.15, -0.1) is 0 Å². The number of hydrazine groups is 1. The van der Waals surface area contributed by atoms with Crippen molar-refractivity contribution in [2.75, 3.05) is 0 Å². The molecular formula is C15H12Cl2N4. The summed E-state index contributed by atoms with van der Waals surface area (Å²) in [6.07, 6.45) is 3.32. The van der Waals surface area contributed by atoms with Crippen LogP contribution in [0.5, 0.6) is 0 Å². The number of hydrogen-bond acceptors (Lipinski definition) is 4. The second-order valence-electron chi connectivity index (χ2n) is 4.55. The van der Waals surface area contributed by atoms with Crippen LogP contribution < -0.4 is 11.3 Å². The van der Waals surface area contributed by atoms with Gasteiger partial charge in [-0.1, -0.05) is 41.4 Å². The highest BCUT2D eigenvalue weighted by Gasteiger charge is 2.17. The van der Waals surface area contributed by atoms with Crippen LogP contribution in [0.2, 0.25) is 10.0 Å². The fraction of sp³-hybridized carbons (Fsp3) is 0.0667. The van der Waals surface area contributed by atoms with E-state index in [1.54, 1.807) is 18.5 Å². The van der Waals surface area contributed by atoms with Gasteiger partial charge in [-0.05, 0) is 29.3 Å². The van der Waals surface area contributed by atoms with E-state index in [1.807, 2.05) is 30.3 Å². The van der Waals surface area contributed by atoms with Crippen LogP contribution in [-0.4, -0.2) is 9.97 Å². The second-order valence-corrected chi connectivity index (χ2v) is 5.33. The minimum atomic E-state index is -0.275. The largest absolute Gasteiger partial charge is 0.271 e. The maximum atomic E-state index is 6.28. The van der Waals surface area contributed by atoms with Gasteiger partial charge in [0.25, 0.3) is 0 Å². The number of nitrogens with one attached hydrogen (secondary N) is 1. The average Bonchev–Trinajstić information content (AvgIpc) is 2.52. The van der Waals surface area contributed by atoms with E-state index in [4.69, 9.17) is 29.0 Å². The van der Waals surface area contributed by atoms with Gasteiger partial charge in [0.2, 0.25) is 0 Å². The summed E-state index contributed by atoms with van der Waals surface area (Å²) in [6.45, 7) is 0. The molecule has 0 aliphatic rings. The van der Waals surface area contributed by atoms with E-state index < -0.39 is 0 Å². The lowest BCUT2D eigenvalue weighted by atomic mass is 9.98. The summed E-state index contributed by atoms with van der Waals surface area (Å²) in [4.78, 5) is 8.55. The molecule has 1 aromatic heterocycles. The van der Waals surface area contributed by atoms with E-state index in [0.29, 0.717) is 10.0 Å². The van der Waals surface area contributed by atoms with Crippen molar-refractivity contribution in [1.82, 2.24) is 15.4 Å². The zero-order chi connectivity index (χ0) is 14.8. The number of hydrogen-bond donors (Lipinski definition) is 2. The first-order chi connectivity index (χ1) is 10.2. The minimum absolute atomic E-state index is 0.275. The summed E-state index contributed by atoms with van der Waals surface area (Å²) >= 11 is 12.4. The molecule has 6 heteroatoms. The van der Waals surface area contributed by atoms with Crippen LogP contribution in [0.4, 0.5) is 0 Å². The third-order valence-corrected chi connectivity index (χ3v) is 4.12. The number of halogens is 2. The lowest BCUT2D eigenvalue weighted by Gasteiger charge is -2.19. The summed E-state index contributed by atoms with van der Waals surface area (Å²) in [6, 6.07) is 11.0. The van der Waals surface area contributed by atoms with E-state index in [2.05, 4.69) is 15.4 Å². The van der Waals surface area contributed by atoms with Gasteiger partial charge in [0.05, 0.1) is 27.1 Å². The lowest BCUT2D eigenvalue weighted by Crippen LogP contribution is -2.29. The molecule has 3 aromatic rings. The Labute approximate surface area is 131 Å². The summed E-state index contributed by atoms with van der Waals surface area (Å²) < 4.78 is 0. The zero-order valence-corrected chi connectivity index (χ0v) is 12.4. The number of nitrogens with zero attached hydrogens (tertiary/aromatic N) is 2. The monoisotopic (exact) mass is 318 g/mol. The van der Waals surface area contributed by atoms with Crippen molar-refractivity contribution in [3.8, 4) is 0 Å². The van der Waals surface area contributed by atoms with Crippen molar-refractivity contribution in [1.29, 1.82) is 0 Å². The lowest BCUT2D eigenvalue weighted by molar-refractivity contribution is 0.637. The predicted octanol–water partition coefficient (Wildman–Crippen LogP) is 3.49. The van der Waals surface area contributed by atoms with Crippen molar-refractivity contribution in [3.63, 3.8) is 0 Å². The third kappa shape index (κ3) is 2.71. The van der Waals surface area contributed by atoms with Crippen LogP contribution in [0, 0.1) is 0 Å². The summed E-state index contributed by atoms with van der Waals surface area (Å²) in [7, 11) is 0. The molecule has 3 N–H and O–H groups in total. The fourth-order valence-corrected chi connectivity index (χ4v) is 2.69. The van der Waals surface area contributed by atoms with Crippen molar-refractivity contribution >= 4 is 34.2 Å². The maximum Gasteiger partial charge on any atom is 0.0890 e. The van der Waals surface area contributed by atoms with Gasteiger partial charge in [0, 0.05) is 12.4 Å². The van der Waals surface area contributed by atoms with Crippen LogP contribution >= 0.6 is 23.2 Å². The van der Waals surface area contributed by atoms with Gasteiger partial charge in [-0.3, -0.25) is 15.8 Å². The Bertz CT molecular complexity index is 791. The van der Waals surface area contributed by atoms with Crippen molar-refractivity contribution in [3.05, 3.63) is 70.0 Å². The smallest absolute Gasteiger partial charge is 0.0890 e. The fourth-order valence-electron chi connectivity index (χ4n) is 2.27. The molecule has 0 fully saturated rings.